The molecule has 0 amide bonds. The number of hydrogen-bond acceptors (Lipinski definition) is 3. The van der Waals surface area contributed by atoms with Gasteiger partial charge in [-0.15, -0.1) is 11.6 Å². The zero-order chi connectivity index (χ0) is 10.4. The lowest BCUT2D eigenvalue weighted by Gasteiger charge is -2.06. The highest BCUT2D eigenvalue weighted by Gasteiger charge is 2.05. The normalized spacial score (nSPS) is 9.50. The Labute approximate surface area is 88.3 Å². The Morgan fingerprint density at radius 2 is 2.36 bits per heavy atom. The van der Waals surface area contributed by atoms with Crippen LogP contribution in [0, 0.1) is 11.3 Å². The molecule has 0 radical (unpaired) electrons. The van der Waals surface area contributed by atoms with E-state index >= 15 is 0 Å². The summed E-state index contributed by atoms with van der Waals surface area (Å²) in [4.78, 5) is 4.24. The van der Waals surface area contributed by atoms with Crippen LogP contribution in [0.25, 0.3) is 0 Å². The van der Waals surface area contributed by atoms with E-state index < -0.39 is 0 Å². The van der Waals surface area contributed by atoms with Crippen molar-refractivity contribution in [3.05, 3.63) is 23.4 Å². The molecule has 0 atom stereocenters. The molecule has 0 saturated heterocycles. The van der Waals surface area contributed by atoms with Crippen molar-refractivity contribution in [3.8, 4) is 11.9 Å². The van der Waals surface area contributed by atoms with Crippen LogP contribution in [0.3, 0.4) is 0 Å². The summed E-state index contributed by atoms with van der Waals surface area (Å²) >= 11 is 5.64. The Kier molecular flexibility index (Phi) is 4.21. The van der Waals surface area contributed by atoms with Crippen LogP contribution in [0.15, 0.2) is 12.1 Å². The summed E-state index contributed by atoms with van der Waals surface area (Å²) in [6.07, 6.45) is 1.03. The highest BCUT2D eigenvalue weighted by molar-refractivity contribution is 6.17. The summed E-state index contributed by atoms with van der Waals surface area (Å²) in [7, 11) is 1.57. The highest BCUT2D eigenvalue weighted by Crippen LogP contribution is 2.14. The second-order valence-electron chi connectivity index (χ2n) is 2.73. The number of ether oxygens (including phenoxy) is 1. The minimum Gasteiger partial charge on any atom is -0.481 e. The smallest absolute Gasteiger partial charge is 0.213 e. The topological polar surface area (TPSA) is 45.9 Å². The highest BCUT2D eigenvalue weighted by atomic mass is 35.5. The molecule has 1 aromatic heterocycles. The minimum atomic E-state index is 0.364. The van der Waals surface area contributed by atoms with Gasteiger partial charge in [0.2, 0.25) is 5.88 Å². The third kappa shape index (κ3) is 2.61. The Bertz CT molecular complexity index is 346. The lowest BCUT2D eigenvalue weighted by atomic mass is 10.1. The monoisotopic (exact) mass is 210 g/mol. The zero-order valence-electron chi connectivity index (χ0n) is 7.96. The summed E-state index contributed by atoms with van der Waals surface area (Å²) in [5, 5.41) is 8.60. The van der Waals surface area contributed by atoms with Crippen molar-refractivity contribution >= 4 is 11.6 Å². The van der Waals surface area contributed by atoms with Gasteiger partial charge in [-0.3, -0.25) is 0 Å². The maximum absolute atomic E-state index is 8.60. The Morgan fingerprint density at radius 1 is 1.57 bits per heavy atom. The zero-order valence-corrected chi connectivity index (χ0v) is 8.71. The lowest BCUT2D eigenvalue weighted by Crippen LogP contribution is -2.00. The average Bonchev–Trinajstić information content (AvgIpc) is 2.21. The first-order valence-electron chi connectivity index (χ1n) is 4.27. The molecule has 1 heterocycles. The van der Waals surface area contributed by atoms with Gasteiger partial charge in [0.05, 0.1) is 19.6 Å². The largest absolute Gasteiger partial charge is 0.481 e. The van der Waals surface area contributed by atoms with E-state index in [1.54, 1.807) is 13.2 Å². The van der Waals surface area contributed by atoms with Gasteiger partial charge in [0, 0.05) is 24.1 Å². The Hall–Kier alpha value is -1.27. The van der Waals surface area contributed by atoms with E-state index in [0.717, 1.165) is 11.3 Å². The predicted octanol–water partition coefficient (Wildman–Crippen LogP) is 1.94. The van der Waals surface area contributed by atoms with Crippen LogP contribution in [0.1, 0.15) is 11.3 Å². The Morgan fingerprint density at radius 3 is 2.93 bits per heavy atom. The summed E-state index contributed by atoms with van der Waals surface area (Å²) in [6, 6.07) is 5.71. The van der Waals surface area contributed by atoms with Crippen LogP contribution in [0.2, 0.25) is 0 Å². The molecular weight excluding hydrogens is 200 g/mol. The molecular formula is C10H11ClN2O. The first-order chi connectivity index (χ1) is 6.81. The third-order valence-electron chi connectivity index (χ3n) is 1.85. The fourth-order valence-corrected chi connectivity index (χ4v) is 1.35. The van der Waals surface area contributed by atoms with Gasteiger partial charge in [0.25, 0.3) is 0 Å². The van der Waals surface area contributed by atoms with E-state index in [1.807, 2.05) is 6.07 Å². The molecule has 0 saturated carbocycles. The second-order valence-corrected chi connectivity index (χ2v) is 3.11. The van der Waals surface area contributed by atoms with E-state index in [1.165, 1.54) is 0 Å². The molecule has 0 unspecified atom stereocenters. The molecule has 1 aromatic rings. The number of nitriles is 1. The van der Waals surface area contributed by atoms with Gasteiger partial charge < -0.3 is 4.74 Å². The van der Waals surface area contributed by atoms with E-state index in [-0.39, 0.29) is 0 Å². The number of aryl methyl sites for hydroxylation is 1. The fraction of sp³-hybridized carbons (Fsp3) is 0.400. The van der Waals surface area contributed by atoms with Crippen LogP contribution < -0.4 is 4.74 Å². The number of methoxy groups -OCH3 is 1. The van der Waals surface area contributed by atoms with Crippen molar-refractivity contribution in [3.63, 3.8) is 0 Å². The lowest BCUT2D eigenvalue weighted by molar-refractivity contribution is 0.396. The number of alkyl halides is 1. The third-order valence-corrected chi connectivity index (χ3v) is 2.04. The number of rotatable bonds is 4. The second kappa shape index (κ2) is 5.46. The maximum Gasteiger partial charge on any atom is 0.213 e. The van der Waals surface area contributed by atoms with Crippen molar-refractivity contribution < 1.29 is 4.74 Å². The molecule has 0 aliphatic carbocycles. The first-order valence-corrected chi connectivity index (χ1v) is 4.81. The molecule has 0 aliphatic heterocycles. The molecule has 74 valence electrons. The van der Waals surface area contributed by atoms with Gasteiger partial charge in [0.15, 0.2) is 0 Å². The number of nitrogens with zero attached hydrogens (tertiary/aromatic N) is 2. The summed E-state index contributed by atoms with van der Waals surface area (Å²) < 4.78 is 5.00. The van der Waals surface area contributed by atoms with E-state index in [4.69, 9.17) is 21.6 Å². The van der Waals surface area contributed by atoms with E-state index in [9.17, 15) is 0 Å². The number of hydrogen-bond donors (Lipinski definition) is 0. The van der Waals surface area contributed by atoms with Crippen LogP contribution in [0.5, 0.6) is 5.88 Å². The van der Waals surface area contributed by atoms with Crippen LogP contribution in [0.4, 0.5) is 0 Å². The van der Waals surface area contributed by atoms with Crippen molar-refractivity contribution in [2.45, 2.75) is 12.8 Å². The number of aromatic nitrogens is 1. The molecule has 0 spiro atoms. The predicted molar refractivity (Wildman–Crippen MR) is 54.5 cm³/mol. The number of pyridine rings is 1. The van der Waals surface area contributed by atoms with Gasteiger partial charge in [-0.25, -0.2) is 4.98 Å². The van der Waals surface area contributed by atoms with Gasteiger partial charge in [-0.2, -0.15) is 5.26 Å². The molecule has 0 fully saturated rings. The van der Waals surface area contributed by atoms with Crippen LogP contribution in [-0.4, -0.2) is 18.0 Å². The van der Waals surface area contributed by atoms with Gasteiger partial charge in [0.1, 0.15) is 0 Å². The van der Waals surface area contributed by atoms with Gasteiger partial charge in [-0.1, -0.05) is 6.07 Å². The fourth-order valence-electron chi connectivity index (χ4n) is 1.18. The number of halogens is 1. The van der Waals surface area contributed by atoms with E-state index in [2.05, 4.69) is 11.1 Å². The minimum absolute atomic E-state index is 0.364. The molecule has 0 bridgehead atoms. The standard InChI is InChI=1S/C10H11ClN2O/c1-14-10-3-2-8(5-7-12)9(13-10)4-6-11/h2-3H,4-6H2,1H3. The van der Waals surface area contributed by atoms with E-state index in [0.29, 0.717) is 24.6 Å². The van der Waals surface area contributed by atoms with Gasteiger partial charge in [-0.05, 0) is 5.56 Å². The maximum atomic E-state index is 8.60. The van der Waals surface area contributed by atoms with Crippen molar-refractivity contribution in [1.29, 1.82) is 5.26 Å². The molecule has 1 rings (SSSR count). The first kappa shape index (κ1) is 10.8. The summed E-state index contributed by atoms with van der Waals surface area (Å²) in [5.41, 5.74) is 1.77. The summed E-state index contributed by atoms with van der Waals surface area (Å²) in [5.74, 6) is 1.06. The van der Waals surface area contributed by atoms with Crippen LogP contribution in [-0.2, 0) is 12.8 Å². The van der Waals surface area contributed by atoms with Crippen molar-refractivity contribution in [1.82, 2.24) is 4.98 Å². The van der Waals surface area contributed by atoms with Crippen molar-refractivity contribution in [2.24, 2.45) is 0 Å². The quantitative estimate of drug-likeness (QED) is 0.714. The van der Waals surface area contributed by atoms with Crippen molar-refractivity contribution in [2.75, 3.05) is 13.0 Å². The molecule has 0 aliphatic rings. The summed E-state index contributed by atoms with van der Waals surface area (Å²) in [6.45, 7) is 0. The molecule has 14 heavy (non-hydrogen) atoms. The van der Waals surface area contributed by atoms with Gasteiger partial charge >= 0.3 is 0 Å². The molecule has 4 heteroatoms. The molecule has 3 nitrogen and oxygen atoms in total. The van der Waals surface area contributed by atoms with Crippen LogP contribution >= 0.6 is 11.6 Å². The Balaban J connectivity index is 2.98. The molecule has 0 aromatic carbocycles. The average molecular weight is 211 g/mol. The molecule has 0 N–H and O–H groups in total. The SMILES string of the molecule is COc1ccc(CC#N)c(CCCl)n1.